The molecule has 1 saturated carbocycles. The summed E-state index contributed by atoms with van der Waals surface area (Å²) in [7, 11) is 0. The van der Waals surface area contributed by atoms with Crippen LogP contribution in [0.3, 0.4) is 0 Å². The Labute approximate surface area is 180 Å². The van der Waals surface area contributed by atoms with E-state index in [9.17, 15) is 4.79 Å². The molecule has 2 heterocycles. The van der Waals surface area contributed by atoms with E-state index in [0.717, 1.165) is 50.4 Å². The lowest BCUT2D eigenvalue weighted by Crippen LogP contribution is -2.20. The maximum absolute atomic E-state index is 11.3. The van der Waals surface area contributed by atoms with Crippen molar-refractivity contribution in [2.75, 3.05) is 0 Å². The first kappa shape index (κ1) is 20.2. The third kappa shape index (κ3) is 4.57. The van der Waals surface area contributed by atoms with E-state index >= 15 is 0 Å². The number of hydrogen-bond acceptors (Lipinski definition) is 4. The predicted octanol–water partition coefficient (Wildman–Crippen LogP) is 6.27. The number of carbonyl (C=O) groups excluding carboxylic acids is 1. The van der Waals surface area contributed by atoms with Gasteiger partial charge < -0.3 is 10.1 Å². The maximum atomic E-state index is 11.3. The minimum Gasteiger partial charge on any atom is -0.490 e. The van der Waals surface area contributed by atoms with Crippen molar-refractivity contribution in [3.8, 4) is 16.9 Å². The van der Waals surface area contributed by atoms with E-state index in [1.165, 1.54) is 26.2 Å². The van der Waals surface area contributed by atoms with Crippen LogP contribution in [0.2, 0.25) is 5.02 Å². The molecule has 0 atom stereocenters. The molecule has 1 N–H and O–H groups in total. The molecular weight excluding hydrogens is 404 g/mol. The van der Waals surface area contributed by atoms with Gasteiger partial charge >= 0.3 is 0 Å². The van der Waals surface area contributed by atoms with Crippen molar-refractivity contribution >= 4 is 39.1 Å². The standard InChI is InChI=1S/C23H25ClN2O2S/c1-14-10-16(24)11-20(22(14)28-17-6-4-3-5-7-17)19-8-9-25-21-12-18(29-23(19)21)13-26-15(2)27/h8-12,17H,3-7,13H2,1-2H3,(H,26,27). The van der Waals surface area contributed by atoms with Gasteiger partial charge in [-0.15, -0.1) is 11.3 Å². The Balaban J connectivity index is 1.77. The van der Waals surface area contributed by atoms with Crippen molar-refractivity contribution in [3.05, 3.63) is 45.9 Å². The lowest BCUT2D eigenvalue weighted by molar-refractivity contribution is -0.119. The minimum absolute atomic E-state index is 0.0377. The highest BCUT2D eigenvalue weighted by Crippen LogP contribution is 2.42. The molecule has 3 aromatic rings. The molecule has 0 radical (unpaired) electrons. The van der Waals surface area contributed by atoms with E-state index in [1.807, 2.05) is 30.5 Å². The number of hydrogen-bond donors (Lipinski definition) is 1. The fourth-order valence-corrected chi connectivity index (χ4v) is 5.29. The summed E-state index contributed by atoms with van der Waals surface area (Å²) in [5, 5.41) is 3.57. The van der Waals surface area contributed by atoms with Gasteiger partial charge in [-0.2, -0.15) is 0 Å². The van der Waals surface area contributed by atoms with E-state index < -0.39 is 0 Å². The van der Waals surface area contributed by atoms with E-state index in [-0.39, 0.29) is 12.0 Å². The summed E-state index contributed by atoms with van der Waals surface area (Å²) in [6.45, 7) is 4.10. The topological polar surface area (TPSA) is 51.2 Å². The quantitative estimate of drug-likeness (QED) is 0.520. The molecule has 0 bridgehead atoms. The number of thiophene rings is 1. The zero-order chi connectivity index (χ0) is 20.4. The Bertz CT molecular complexity index is 1040. The summed E-state index contributed by atoms with van der Waals surface area (Å²) in [5.74, 6) is 0.884. The van der Waals surface area contributed by atoms with E-state index in [1.54, 1.807) is 11.3 Å². The van der Waals surface area contributed by atoms with Gasteiger partial charge in [0.1, 0.15) is 5.75 Å². The molecular formula is C23H25ClN2O2S. The molecule has 4 rings (SSSR count). The van der Waals surface area contributed by atoms with Gasteiger partial charge in [0.05, 0.1) is 22.9 Å². The summed E-state index contributed by atoms with van der Waals surface area (Å²) >= 11 is 8.09. The van der Waals surface area contributed by atoms with Gasteiger partial charge in [-0.3, -0.25) is 9.78 Å². The van der Waals surface area contributed by atoms with Crippen molar-refractivity contribution < 1.29 is 9.53 Å². The lowest BCUT2D eigenvalue weighted by Gasteiger charge is -2.25. The molecule has 6 heteroatoms. The summed E-state index contributed by atoms with van der Waals surface area (Å²) in [6, 6.07) is 8.03. The zero-order valence-electron chi connectivity index (χ0n) is 16.8. The lowest BCUT2D eigenvalue weighted by atomic mass is 9.97. The van der Waals surface area contributed by atoms with Gasteiger partial charge in [-0.25, -0.2) is 0 Å². The molecule has 1 fully saturated rings. The van der Waals surface area contributed by atoms with Crippen LogP contribution in [0.5, 0.6) is 5.75 Å². The largest absolute Gasteiger partial charge is 0.490 e. The van der Waals surface area contributed by atoms with Crippen LogP contribution in [-0.2, 0) is 11.3 Å². The van der Waals surface area contributed by atoms with Crippen LogP contribution < -0.4 is 10.1 Å². The van der Waals surface area contributed by atoms with Crippen LogP contribution in [0, 0.1) is 6.92 Å². The monoisotopic (exact) mass is 428 g/mol. The Morgan fingerprint density at radius 3 is 2.79 bits per heavy atom. The van der Waals surface area contributed by atoms with Gasteiger partial charge in [0.2, 0.25) is 5.91 Å². The first-order valence-corrected chi connectivity index (χ1v) is 11.3. The second-order valence-corrected chi connectivity index (χ2v) is 9.25. The normalized spacial score (nSPS) is 14.9. The number of nitrogens with one attached hydrogen (secondary N) is 1. The van der Waals surface area contributed by atoms with Crippen LogP contribution in [0.15, 0.2) is 30.5 Å². The molecule has 1 aliphatic carbocycles. The number of nitrogens with zero attached hydrogens (tertiary/aromatic N) is 1. The van der Waals surface area contributed by atoms with Crippen molar-refractivity contribution in [1.82, 2.24) is 10.3 Å². The molecule has 2 aromatic heterocycles. The Hall–Kier alpha value is -2.11. The number of aryl methyl sites for hydroxylation is 1. The van der Waals surface area contributed by atoms with E-state index in [0.29, 0.717) is 11.6 Å². The summed E-state index contributed by atoms with van der Waals surface area (Å²) in [4.78, 5) is 16.9. The second kappa shape index (κ2) is 8.72. The van der Waals surface area contributed by atoms with Crippen LogP contribution in [0.25, 0.3) is 21.3 Å². The molecule has 1 aliphatic rings. The minimum atomic E-state index is -0.0377. The Morgan fingerprint density at radius 1 is 1.24 bits per heavy atom. The number of benzene rings is 1. The molecule has 0 unspecified atom stereocenters. The molecule has 0 aliphatic heterocycles. The molecule has 1 amide bonds. The third-order valence-corrected chi connectivity index (χ3v) is 6.72. The maximum Gasteiger partial charge on any atom is 0.217 e. The van der Waals surface area contributed by atoms with E-state index in [4.69, 9.17) is 16.3 Å². The highest BCUT2D eigenvalue weighted by molar-refractivity contribution is 7.19. The van der Waals surface area contributed by atoms with Gasteiger partial charge in [0.25, 0.3) is 0 Å². The summed E-state index contributed by atoms with van der Waals surface area (Å²) in [6.07, 6.45) is 8.04. The van der Waals surface area contributed by atoms with Crippen LogP contribution in [0.4, 0.5) is 0 Å². The van der Waals surface area contributed by atoms with Crippen LogP contribution in [-0.4, -0.2) is 17.0 Å². The summed E-state index contributed by atoms with van der Waals surface area (Å²) < 4.78 is 7.62. The number of ether oxygens (including phenoxy) is 1. The Morgan fingerprint density at radius 2 is 2.03 bits per heavy atom. The number of fused-ring (bicyclic) bond motifs is 1. The van der Waals surface area contributed by atoms with Crippen LogP contribution in [0.1, 0.15) is 49.5 Å². The first-order valence-electron chi connectivity index (χ1n) is 10.1. The summed E-state index contributed by atoms with van der Waals surface area (Å²) in [5.41, 5.74) is 4.07. The fraction of sp³-hybridized carbons (Fsp3) is 0.391. The van der Waals surface area contributed by atoms with Gasteiger partial charge in [0.15, 0.2) is 0 Å². The number of carbonyl (C=O) groups is 1. The van der Waals surface area contributed by atoms with Crippen molar-refractivity contribution in [1.29, 1.82) is 0 Å². The number of pyridine rings is 1. The van der Waals surface area contributed by atoms with E-state index in [2.05, 4.69) is 17.2 Å². The average Bonchev–Trinajstić information content (AvgIpc) is 3.12. The smallest absolute Gasteiger partial charge is 0.217 e. The highest BCUT2D eigenvalue weighted by atomic mass is 35.5. The number of halogens is 1. The van der Waals surface area contributed by atoms with Crippen molar-refractivity contribution in [2.45, 2.75) is 58.6 Å². The number of amides is 1. The zero-order valence-corrected chi connectivity index (χ0v) is 18.3. The molecule has 29 heavy (non-hydrogen) atoms. The van der Waals surface area contributed by atoms with Gasteiger partial charge in [0, 0.05) is 34.1 Å². The average molecular weight is 429 g/mol. The highest BCUT2D eigenvalue weighted by Gasteiger charge is 2.21. The fourth-order valence-electron chi connectivity index (χ4n) is 3.93. The number of aromatic nitrogens is 1. The molecule has 1 aromatic carbocycles. The first-order chi connectivity index (χ1) is 14.0. The molecule has 152 valence electrons. The van der Waals surface area contributed by atoms with Gasteiger partial charge in [-0.1, -0.05) is 18.0 Å². The van der Waals surface area contributed by atoms with Crippen LogP contribution >= 0.6 is 22.9 Å². The van der Waals surface area contributed by atoms with Crippen molar-refractivity contribution in [2.24, 2.45) is 0 Å². The molecule has 0 saturated heterocycles. The van der Waals surface area contributed by atoms with Gasteiger partial charge in [-0.05, 0) is 62.4 Å². The molecule has 0 spiro atoms. The second-order valence-electron chi connectivity index (χ2n) is 7.67. The van der Waals surface area contributed by atoms with Crippen molar-refractivity contribution in [3.63, 3.8) is 0 Å². The number of rotatable bonds is 5. The Kier molecular flexibility index (Phi) is 6.07. The SMILES string of the molecule is CC(=O)NCc1cc2nccc(-c3cc(Cl)cc(C)c3OC3CCCCC3)c2s1. The molecule has 4 nitrogen and oxygen atoms in total. The third-order valence-electron chi connectivity index (χ3n) is 5.34. The predicted molar refractivity (Wildman–Crippen MR) is 120 cm³/mol.